The van der Waals surface area contributed by atoms with Crippen LogP contribution >= 0.6 is 0 Å². The zero-order chi connectivity index (χ0) is 18.5. The second kappa shape index (κ2) is 7.92. The third-order valence-electron chi connectivity index (χ3n) is 4.63. The number of allylic oxidation sites excluding steroid dienone is 5. The molecule has 132 valence electrons. The van der Waals surface area contributed by atoms with Gasteiger partial charge in [-0.1, -0.05) is 43.9 Å². The van der Waals surface area contributed by atoms with E-state index in [1.807, 2.05) is 31.2 Å². The molecule has 1 N–H and O–H groups in total. The first-order valence-electron chi connectivity index (χ1n) is 9.11. The second-order valence-electron chi connectivity index (χ2n) is 6.31. The van der Waals surface area contributed by atoms with Gasteiger partial charge in [-0.3, -0.25) is 0 Å². The smallest absolute Gasteiger partial charge is 0.0535 e. The summed E-state index contributed by atoms with van der Waals surface area (Å²) in [6.45, 7) is 10.3. The summed E-state index contributed by atoms with van der Waals surface area (Å²) in [5.74, 6) is 0. The highest BCUT2D eigenvalue weighted by Crippen LogP contribution is 2.32. The molecule has 2 nitrogen and oxygen atoms in total. The monoisotopic (exact) mass is 342 g/mol. The Morgan fingerprint density at radius 3 is 2.54 bits per heavy atom. The average Bonchev–Trinajstić information content (AvgIpc) is 2.94. The van der Waals surface area contributed by atoms with Crippen LogP contribution in [0.25, 0.3) is 16.6 Å². The molecule has 0 radical (unpaired) electrons. The number of benzene rings is 2. The first kappa shape index (κ1) is 17.8. The van der Waals surface area contributed by atoms with Crippen molar-refractivity contribution in [3.05, 3.63) is 90.7 Å². The van der Waals surface area contributed by atoms with Crippen molar-refractivity contribution in [3.63, 3.8) is 0 Å². The molecular formula is C24H26N2. The fraction of sp³-hybridized carbons (Fsp3) is 0.167. The van der Waals surface area contributed by atoms with Crippen molar-refractivity contribution < 1.29 is 0 Å². The van der Waals surface area contributed by atoms with Gasteiger partial charge in [-0.05, 0) is 68.3 Å². The topological polar surface area (TPSA) is 17.0 Å². The zero-order valence-electron chi connectivity index (χ0n) is 15.8. The molecule has 3 aromatic rings. The summed E-state index contributed by atoms with van der Waals surface area (Å²) in [5.41, 5.74) is 7.24. The summed E-state index contributed by atoms with van der Waals surface area (Å²) in [6, 6.07) is 16.9. The van der Waals surface area contributed by atoms with Gasteiger partial charge in [0.25, 0.3) is 0 Å². The second-order valence-corrected chi connectivity index (χ2v) is 6.31. The number of aryl methyl sites for hydroxylation is 1. The molecule has 0 atom stereocenters. The van der Waals surface area contributed by atoms with Gasteiger partial charge in [-0.15, -0.1) is 0 Å². The SMILES string of the molecule is C=C/C=C(\C=C/C)n1c(CC)c(C)c2cc(Nc3ccccc3)ccc21. The van der Waals surface area contributed by atoms with Crippen LogP contribution in [0.15, 0.2) is 79.4 Å². The summed E-state index contributed by atoms with van der Waals surface area (Å²) in [7, 11) is 0. The Balaban J connectivity index is 2.15. The van der Waals surface area contributed by atoms with Crippen LogP contribution in [0.4, 0.5) is 11.4 Å². The first-order chi connectivity index (χ1) is 12.7. The number of anilines is 2. The van der Waals surface area contributed by atoms with Crippen LogP contribution in [0.1, 0.15) is 25.1 Å². The molecule has 0 fully saturated rings. The minimum absolute atomic E-state index is 0.980. The Bertz CT molecular complexity index is 972. The summed E-state index contributed by atoms with van der Waals surface area (Å²) in [5, 5.41) is 4.78. The molecule has 0 bridgehead atoms. The van der Waals surface area contributed by atoms with E-state index in [9.17, 15) is 0 Å². The van der Waals surface area contributed by atoms with Crippen molar-refractivity contribution in [2.45, 2.75) is 27.2 Å². The standard InChI is InChI=1S/C24H26N2/c1-5-11-21(12-6-2)26-23(7-3)18(4)22-17-20(15-16-24(22)26)25-19-13-9-8-10-14-19/h5-6,8-17,25H,1,7H2,2-4H3/b12-6-,21-11+. The maximum absolute atomic E-state index is 3.88. The van der Waals surface area contributed by atoms with Gasteiger partial charge in [0.2, 0.25) is 0 Å². The van der Waals surface area contributed by atoms with Crippen molar-refractivity contribution in [1.29, 1.82) is 0 Å². The molecule has 2 heteroatoms. The van der Waals surface area contributed by atoms with Crippen molar-refractivity contribution in [3.8, 4) is 0 Å². The van der Waals surface area contributed by atoms with Gasteiger partial charge < -0.3 is 9.88 Å². The molecule has 0 aliphatic heterocycles. The Morgan fingerprint density at radius 2 is 1.88 bits per heavy atom. The van der Waals surface area contributed by atoms with Crippen LogP contribution in [-0.2, 0) is 6.42 Å². The van der Waals surface area contributed by atoms with Gasteiger partial charge in [0.15, 0.2) is 0 Å². The van der Waals surface area contributed by atoms with E-state index in [1.165, 1.54) is 22.2 Å². The molecular weight excluding hydrogens is 316 g/mol. The van der Waals surface area contributed by atoms with Gasteiger partial charge in [0.05, 0.1) is 5.52 Å². The van der Waals surface area contributed by atoms with Crippen molar-refractivity contribution in [1.82, 2.24) is 4.57 Å². The minimum Gasteiger partial charge on any atom is -0.356 e. The van der Waals surface area contributed by atoms with Crippen molar-refractivity contribution >= 4 is 28.0 Å². The third-order valence-corrected chi connectivity index (χ3v) is 4.63. The third kappa shape index (κ3) is 3.36. The number of hydrogen-bond acceptors (Lipinski definition) is 1. The maximum atomic E-state index is 3.88. The van der Waals surface area contributed by atoms with Gasteiger partial charge in [-0.25, -0.2) is 0 Å². The van der Waals surface area contributed by atoms with E-state index in [0.29, 0.717) is 0 Å². The van der Waals surface area contributed by atoms with E-state index in [1.54, 1.807) is 0 Å². The highest BCUT2D eigenvalue weighted by Gasteiger charge is 2.15. The van der Waals surface area contributed by atoms with Gasteiger partial charge in [-0.2, -0.15) is 0 Å². The van der Waals surface area contributed by atoms with Crippen LogP contribution in [0.3, 0.4) is 0 Å². The van der Waals surface area contributed by atoms with Crippen LogP contribution in [0.2, 0.25) is 0 Å². The summed E-state index contributed by atoms with van der Waals surface area (Å²) in [4.78, 5) is 0. The summed E-state index contributed by atoms with van der Waals surface area (Å²) >= 11 is 0. The fourth-order valence-corrected chi connectivity index (χ4v) is 3.48. The molecule has 0 saturated heterocycles. The molecule has 0 aliphatic carbocycles. The molecule has 0 amide bonds. The van der Waals surface area contributed by atoms with Crippen molar-refractivity contribution in [2.24, 2.45) is 0 Å². The van der Waals surface area contributed by atoms with E-state index in [0.717, 1.165) is 23.5 Å². The lowest BCUT2D eigenvalue weighted by molar-refractivity contribution is 0.967. The van der Waals surface area contributed by atoms with E-state index < -0.39 is 0 Å². The van der Waals surface area contributed by atoms with Crippen molar-refractivity contribution in [2.75, 3.05) is 5.32 Å². The quantitative estimate of drug-likeness (QED) is 0.484. The lowest BCUT2D eigenvalue weighted by Gasteiger charge is -2.12. The summed E-state index contributed by atoms with van der Waals surface area (Å²) < 4.78 is 2.35. The molecule has 26 heavy (non-hydrogen) atoms. The number of nitrogens with zero attached hydrogens (tertiary/aromatic N) is 1. The normalized spacial score (nSPS) is 12.0. The van der Waals surface area contributed by atoms with E-state index in [4.69, 9.17) is 0 Å². The highest BCUT2D eigenvalue weighted by molar-refractivity contribution is 5.92. The number of hydrogen-bond donors (Lipinski definition) is 1. The molecule has 0 spiro atoms. The van der Waals surface area contributed by atoms with Crippen LogP contribution in [0, 0.1) is 6.92 Å². The Morgan fingerprint density at radius 1 is 1.12 bits per heavy atom. The number of nitrogens with one attached hydrogen (secondary N) is 1. The molecule has 0 unspecified atom stereocenters. The maximum Gasteiger partial charge on any atom is 0.0535 e. The molecule has 2 aromatic carbocycles. The van der Waals surface area contributed by atoms with E-state index in [2.05, 4.69) is 78.9 Å². The molecule has 1 aromatic heterocycles. The zero-order valence-corrected chi connectivity index (χ0v) is 15.8. The van der Waals surface area contributed by atoms with Crippen LogP contribution < -0.4 is 5.32 Å². The Kier molecular flexibility index (Phi) is 5.43. The Labute approximate surface area is 156 Å². The number of aromatic nitrogens is 1. The predicted octanol–water partition coefficient (Wildman–Crippen LogP) is 6.86. The summed E-state index contributed by atoms with van der Waals surface area (Å²) in [6.07, 6.45) is 9.10. The highest BCUT2D eigenvalue weighted by atomic mass is 15.0. The van der Waals surface area contributed by atoms with E-state index >= 15 is 0 Å². The average molecular weight is 342 g/mol. The Hall–Kier alpha value is -3.00. The van der Waals surface area contributed by atoms with Crippen LogP contribution in [-0.4, -0.2) is 4.57 Å². The largest absolute Gasteiger partial charge is 0.356 e. The van der Waals surface area contributed by atoms with E-state index in [-0.39, 0.29) is 0 Å². The predicted molar refractivity (Wildman–Crippen MR) is 115 cm³/mol. The lowest BCUT2D eigenvalue weighted by atomic mass is 10.1. The lowest BCUT2D eigenvalue weighted by Crippen LogP contribution is -2.00. The molecule has 0 saturated carbocycles. The number of fused-ring (bicyclic) bond motifs is 1. The fourth-order valence-electron chi connectivity index (χ4n) is 3.48. The van der Waals surface area contributed by atoms with Gasteiger partial charge in [0, 0.05) is 28.2 Å². The van der Waals surface area contributed by atoms with Gasteiger partial charge in [0.1, 0.15) is 0 Å². The number of para-hydroxylation sites is 1. The molecule has 1 heterocycles. The molecule has 0 aliphatic rings. The number of rotatable bonds is 6. The van der Waals surface area contributed by atoms with Crippen LogP contribution in [0.5, 0.6) is 0 Å². The van der Waals surface area contributed by atoms with Gasteiger partial charge >= 0.3 is 0 Å². The first-order valence-corrected chi connectivity index (χ1v) is 9.11. The molecule has 3 rings (SSSR count). The minimum atomic E-state index is 0.980.